The third-order valence-electron chi connectivity index (χ3n) is 3.13. The molecule has 0 bridgehead atoms. The van der Waals surface area contributed by atoms with E-state index in [1.54, 1.807) is 38.1 Å². The molecule has 1 rings (SSSR count). The first-order valence-electron chi connectivity index (χ1n) is 6.06. The van der Waals surface area contributed by atoms with Crippen molar-refractivity contribution in [2.75, 3.05) is 25.7 Å². The Morgan fingerprint density at radius 2 is 2.11 bits per heavy atom. The molecule has 0 aliphatic carbocycles. The zero-order valence-electron chi connectivity index (χ0n) is 11.7. The third kappa shape index (κ3) is 3.65. The van der Waals surface area contributed by atoms with Gasteiger partial charge in [0, 0.05) is 26.3 Å². The average Bonchev–Trinajstić information content (AvgIpc) is 2.37. The molecule has 0 aliphatic heterocycles. The van der Waals surface area contributed by atoms with Crippen molar-refractivity contribution in [2.24, 2.45) is 0 Å². The smallest absolute Gasteiger partial charge is 0.292 e. The van der Waals surface area contributed by atoms with E-state index in [9.17, 15) is 15.2 Å². The standard InChI is InChI=1S/C13H20N2O4/c1-9(8-19-4)14(3)12-6-5-11(10(2)16)7-13(12)15(17)18/h5-7,9-10,16H,8H2,1-4H3/t9?,10-/m1/s1. The highest BCUT2D eigenvalue weighted by Gasteiger charge is 2.21. The molecular formula is C13H20N2O4. The number of rotatable bonds is 6. The monoisotopic (exact) mass is 268 g/mol. The number of nitrogens with zero attached hydrogens (tertiary/aromatic N) is 2. The molecule has 1 unspecified atom stereocenters. The molecule has 1 N–H and O–H groups in total. The highest BCUT2D eigenvalue weighted by atomic mass is 16.6. The summed E-state index contributed by atoms with van der Waals surface area (Å²) in [4.78, 5) is 12.5. The molecule has 2 atom stereocenters. The summed E-state index contributed by atoms with van der Waals surface area (Å²) < 4.78 is 5.06. The first-order chi connectivity index (χ1) is 8.88. The Kier molecular flexibility index (Phi) is 5.26. The van der Waals surface area contributed by atoms with Crippen LogP contribution in [0.25, 0.3) is 0 Å². The van der Waals surface area contributed by atoms with E-state index in [2.05, 4.69) is 0 Å². The van der Waals surface area contributed by atoms with E-state index in [-0.39, 0.29) is 11.7 Å². The molecule has 106 valence electrons. The largest absolute Gasteiger partial charge is 0.389 e. The number of likely N-dealkylation sites (N-methyl/N-ethyl adjacent to an activating group) is 1. The first kappa shape index (κ1) is 15.4. The summed E-state index contributed by atoms with van der Waals surface area (Å²) in [6.07, 6.45) is -0.727. The number of anilines is 1. The van der Waals surface area contributed by atoms with E-state index in [1.165, 1.54) is 6.07 Å². The molecule has 0 amide bonds. The summed E-state index contributed by atoms with van der Waals surface area (Å²) in [5, 5.41) is 20.6. The minimum Gasteiger partial charge on any atom is -0.389 e. The topological polar surface area (TPSA) is 75.8 Å². The summed E-state index contributed by atoms with van der Waals surface area (Å²) >= 11 is 0. The highest BCUT2D eigenvalue weighted by molar-refractivity contribution is 5.64. The number of aliphatic hydroxyl groups excluding tert-OH is 1. The van der Waals surface area contributed by atoms with E-state index in [0.717, 1.165) is 0 Å². The predicted octanol–water partition coefficient (Wildman–Crippen LogP) is 2.12. The molecule has 6 heteroatoms. The van der Waals surface area contributed by atoms with Crippen molar-refractivity contribution in [1.82, 2.24) is 0 Å². The molecule has 0 fully saturated rings. The first-order valence-corrected chi connectivity index (χ1v) is 6.06. The van der Waals surface area contributed by atoms with Gasteiger partial charge >= 0.3 is 0 Å². The maximum absolute atomic E-state index is 11.1. The molecule has 0 saturated carbocycles. The number of aliphatic hydroxyl groups is 1. The molecule has 1 aromatic carbocycles. The van der Waals surface area contributed by atoms with Crippen LogP contribution in [0.3, 0.4) is 0 Å². The number of ether oxygens (including phenoxy) is 1. The maximum Gasteiger partial charge on any atom is 0.292 e. The van der Waals surface area contributed by atoms with Gasteiger partial charge in [-0.05, 0) is 25.5 Å². The van der Waals surface area contributed by atoms with Gasteiger partial charge in [-0.15, -0.1) is 0 Å². The molecule has 0 saturated heterocycles. The number of hydrogen-bond donors (Lipinski definition) is 1. The Balaban J connectivity index is 3.16. The van der Waals surface area contributed by atoms with Gasteiger partial charge in [-0.1, -0.05) is 6.07 Å². The Labute approximate surface area is 112 Å². The van der Waals surface area contributed by atoms with E-state index in [4.69, 9.17) is 4.74 Å². The molecule has 1 aromatic rings. The molecule has 6 nitrogen and oxygen atoms in total. The van der Waals surface area contributed by atoms with Crippen molar-refractivity contribution in [2.45, 2.75) is 26.0 Å². The second-order valence-electron chi connectivity index (χ2n) is 4.60. The van der Waals surface area contributed by atoms with Crippen LogP contribution < -0.4 is 4.90 Å². The number of hydrogen-bond acceptors (Lipinski definition) is 5. The second-order valence-corrected chi connectivity index (χ2v) is 4.60. The number of nitro benzene ring substituents is 1. The molecule has 0 heterocycles. The van der Waals surface area contributed by atoms with E-state index in [0.29, 0.717) is 17.9 Å². The second kappa shape index (κ2) is 6.49. The minimum atomic E-state index is -0.727. The fourth-order valence-corrected chi connectivity index (χ4v) is 1.84. The molecule has 0 radical (unpaired) electrons. The zero-order valence-corrected chi connectivity index (χ0v) is 11.7. The van der Waals surface area contributed by atoms with Gasteiger partial charge in [0.2, 0.25) is 0 Å². The summed E-state index contributed by atoms with van der Waals surface area (Å²) in [7, 11) is 3.38. The van der Waals surface area contributed by atoms with Crippen LogP contribution in [0.1, 0.15) is 25.5 Å². The van der Waals surface area contributed by atoms with E-state index >= 15 is 0 Å². The van der Waals surface area contributed by atoms with Crippen LogP contribution in [0.5, 0.6) is 0 Å². The molecule has 0 aliphatic rings. The summed E-state index contributed by atoms with van der Waals surface area (Å²) in [6.45, 7) is 3.98. The summed E-state index contributed by atoms with van der Waals surface area (Å²) in [5.41, 5.74) is 1.03. The van der Waals surface area contributed by atoms with Crippen LogP contribution in [-0.2, 0) is 4.74 Å². The zero-order chi connectivity index (χ0) is 14.6. The predicted molar refractivity (Wildman–Crippen MR) is 73.5 cm³/mol. The molecule has 0 aromatic heterocycles. The fourth-order valence-electron chi connectivity index (χ4n) is 1.84. The van der Waals surface area contributed by atoms with Crippen molar-refractivity contribution in [3.63, 3.8) is 0 Å². The Morgan fingerprint density at radius 3 is 2.58 bits per heavy atom. The van der Waals surface area contributed by atoms with Gasteiger partial charge in [-0.25, -0.2) is 0 Å². The maximum atomic E-state index is 11.1. The van der Waals surface area contributed by atoms with Crippen LogP contribution >= 0.6 is 0 Å². The minimum absolute atomic E-state index is 0.0103. The van der Waals surface area contributed by atoms with Gasteiger partial charge in [-0.2, -0.15) is 0 Å². The van der Waals surface area contributed by atoms with Crippen molar-refractivity contribution < 1.29 is 14.8 Å². The normalized spacial score (nSPS) is 13.9. The number of methoxy groups -OCH3 is 1. The van der Waals surface area contributed by atoms with Crippen molar-refractivity contribution in [3.05, 3.63) is 33.9 Å². The number of nitro groups is 1. The van der Waals surface area contributed by atoms with Gasteiger partial charge in [0.15, 0.2) is 0 Å². The molecule has 0 spiro atoms. The lowest BCUT2D eigenvalue weighted by Gasteiger charge is -2.26. The van der Waals surface area contributed by atoms with Crippen molar-refractivity contribution in [1.29, 1.82) is 0 Å². The lowest BCUT2D eigenvalue weighted by atomic mass is 10.1. The number of benzene rings is 1. The van der Waals surface area contributed by atoms with Gasteiger partial charge in [0.25, 0.3) is 5.69 Å². The van der Waals surface area contributed by atoms with Gasteiger partial charge in [0.1, 0.15) is 5.69 Å². The lowest BCUT2D eigenvalue weighted by molar-refractivity contribution is -0.384. The van der Waals surface area contributed by atoms with Crippen LogP contribution in [0, 0.1) is 10.1 Å². The van der Waals surface area contributed by atoms with Crippen molar-refractivity contribution >= 4 is 11.4 Å². The van der Waals surface area contributed by atoms with E-state index < -0.39 is 11.0 Å². The summed E-state index contributed by atoms with van der Waals surface area (Å²) in [5.74, 6) is 0. The summed E-state index contributed by atoms with van der Waals surface area (Å²) in [6, 6.07) is 4.78. The molecule has 19 heavy (non-hydrogen) atoms. The quantitative estimate of drug-likeness (QED) is 0.631. The Bertz CT molecular complexity index is 448. The van der Waals surface area contributed by atoms with Gasteiger partial charge < -0.3 is 14.7 Å². The average molecular weight is 268 g/mol. The molecular weight excluding hydrogens is 248 g/mol. The highest BCUT2D eigenvalue weighted by Crippen LogP contribution is 2.31. The lowest BCUT2D eigenvalue weighted by Crippen LogP contribution is -2.33. The van der Waals surface area contributed by atoms with Gasteiger partial charge in [-0.3, -0.25) is 10.1 Å². The van der Waals surface area contributed by atoms with Crippen LogP contribution in [-0.4, -0.2) is 36.8 Å². The van der Waals surface area contributed by atoms with E-state index in [1.807, 2.05) is 6.92 Å². The fraction of sp³-hybridized carbons (Fsp3) is 0.538. The third-order valence-corrected chi connectivity index (χ3v) is 3.13. The van der Waals surface area contributed by atoms with Crippen LogP contribution in [0.15, 0.2) is 18.2 Å². The van der Waals surface area contributed by atoms with Crippen molar-refractivity contribution in [3.8, 4) is 0 Å². The Morgan fingerprint density at radius 1 is 1.47 bits per heavy atom. The SMILES string of the molecule is COCC(C)N(C)c1ccc([C@@H](C)O)cc1[N+](=O)[O-]. The van der Waals surface area contributed by atoms with Crippen LogP contribution in [0.2, 0.25) is 0 Å². The van der Waals surface area contributed by atoms with Gasteiger partial charge in [0.05, 0.1) is 17.6 Å². The Hall–Kier alpha value is -1.66. The van der Waals surface area contributed by atoms with Crippen LogP contribution in [0.4, 0.5) is 11.4 Å².